The van der Waals surface area contributed by atoms with E-state index >= 15 is 0 Å². The third kappa shape index (κ3) is 2.46. The number of ketones is 1. The molecule has 130 valence electrons. The first-order valence-electron chi connectivity index (χ1n) is 8.51. The maximum Gasteiger partial charge on any atom is 0.231 e. The van der Waals surface area contributed by atoms with Crippen molar-refractivity contribution in [3.63, 3.8) is 0 Å². The minimum absolute atomic E-state index is 0.198. The van der Waals surface area contributed by atoms with E-state index in [1.165, 1.54) is 0 Å². The van der Waals surface area contributed by atoms with Gasteiger partial charge >= 0.3 is 0 Å². The summed E-state index contributed by atoms with van der Waals surface area (Å²) < 4.78 is 1.74. The van der Waals surface area contributed by atoms with Crippen LogP contribution in [0.2, 0.25) is 0 Å². The van der Waals surface area contributed by atoms with Crippen molar-refractivity contribution in [2.24, 2.45) is 0 Å². The number of hydrogen-bond acceptors (Lipinski definition) is 4. The number of pyridine rings is 2. The highest BCUT2D eigenvalue weighted by molar-refractivity contribution is 6.10. The van der Waals surface area contributed by atoms with Gasteiger partial charge in [0.25, 0.3) is 0 Å². The predicted octanol–water partition coefficient (Wildman–Crippen LogP) is 3.69. The summed E-state index contributed by atoms with van der Waals surface area (Å²) >= 11 is 0. The monoisotopic (exact) mass is 353 g/mol. The Morgan fingerprint density at radius 1 is 1.04 bits per heavy atom. The van der Waals surface area contributed by atoms with Gasteiger partial charge in [-0.2, -0.15) is 0 Å². The van der Waals surface area contributed by atoms with Gasteiger partial charge in [0.2, 0.25) is 5.78 Å². The Balaban J connectivity index is 1.67. The fourth-order valence-corrected chi connectivity index (χ4v) is 3.31. The molecule has 6 heteroatoms. The van der Waals surface area contributed by atoms with Crippen molar-refractivity contribution in [2.45, 2.75) is 0 Å². The molecule has 4 aromatic heterocycles. The van der Waals surface area contributed by atoms with Crippen molar-refractivity contribution < 1.29 is 4.79 Å². The molecule has 0 aliphatic heterocycles. The van der Waals surface area contributed by atoms with Crippen LogP contribution in [-0.2, 0) is 0 Å². The molecule has 1 aromatic carbocycles. The molecule has 0 amide bonds. The number of carbonyl (C=O) groups is 1. The van der Waals surface area contributed by atoms with Crippen molar-refractivity contribution in [2.75, 3.05) is 5.73 Å². The molecule has 0 bridgehead atoms. The molecule has 0 saturated carbocycles. The van der Waals surface area contributed by atoms with E-state index in [9.17, 15) is 4.79 Å². The zero-order valence-electron chi connectivity index (χ0n) is 14.3. The summed E-state index contributed by atoms with van der Waals surface area (Å²) in [5.74, 6) is -0.0530. The number of rotatable bonds is 3. The molecule has 27 heavy (non-hydrogen) atoms. The zero-order chi connectivity index (χ0) is 18.4. The molecule has 5 aromatic rings. The molecule has 5 rings (SSSR count). The first-order valence-corrected chi connectivity index (χ1v) is 8.51. The highest BCUT2D eigenvalue weighted by atomic mass is 16.1. The van der Waals surface area contributed by atoms with Crippen LogP contribution in [0.5, 0.6) is 0 Å². The summed E-state index contributed by atoms with van der Waals surface area (Å²) in [5.41, 5.74) is 10.4. The highest BCUT2D eigenvalue weighted by Gasteiger charge is 2.20. The number of nitrogens with two attached hydrogens (primary N) is 1. The minimum atomic E-state index is -0.251. The molecule has 0 spiro atoms. The summed E-state index contributed by atoms with van der Waals surface area (Å²) in [6.07, 6.45) is 5.39. The number of hydrogen-bond donors (Lipinski definition) is 2. The summed E-state index contributed by atoms with van der Waals surface area (Å²) in [7, 11) is 0. The van der Waals surface area contributed by atoms with Gasteiger partial charge < -0.3 is 10.7 Å². The number of benzene rings is 1. The Morgan fingerprint density at radius 3 is 2.78 bits per heavy atom. The number of carbonyl (C=O) groups excluding carboxylic acids is 1. The lowest BCUT2D eigenvalue weighted by Gasteiger charge is -2.06. The second-order valence-corrected chi connectivity index (χ2v) is 6.32. The van der Waals surface area contributed by atoms with E-state index < -0.39 is 0 Å². The van der Waals surface area contributed by atoms with E-state index in [4.69, 9.17) is 5.73 Å². The van der Waals surface area contributed by atoms with Crippen LogP contribution in [0, 0.1) is 0 Å². The highest BCUT2D eigenvalue weighted by Crippen LogP contribution is 2.26. The lowest BCUT2D eigenvalue weighted by molar-refractivity contribution is 0.103. The van der Waals surface area contributed by atoms with Crippen molar-refractivity contribution >= 4 is 28.2 Å². The molecule has 0 aliphatic carbocycles. The van der Waals surface area contributed by atoms with Crippen LogP contribution < -0.4 is 5.73 Å². The summed E-state index contributed by atoms with van der Waals surface area (Å²) in [6.45, 7) is 0. The topological polar surface area (TPSA) is 89.1 Å². The molecular weight excluding hydrogens is 338 g/mol. The van der Waals surface area contributed by atoms with Gasteiger partial charge in [0.15, 0.2) is 5.82 Å². The largest absolute Gasteiger partial charge is 0.382 e. The van der Waals surface area contributed by atoms with Crippen LogP contribution in [0.1, 0.15) is 16.2 Å². The van der Waals surface area contributed by atoms with E-state index in [1.54, 1.807) is 28.8 Å². The van der Waals surface area contributed by atoms with Gasteiger partial charge in [-0.05, 0) is 59.0 Å². The number of H-pyrrole nitrogens is 1. The van der Waals surface area contributed by atoms with Crippen LogP contribution in [-0.4, -0.2) is 25.1 Å². The molecule has 0 atom stereocenters. The van der Waals surface area contributed by atoms with Crippen LogP contribution in [0.4, 0.5) is 5.82 Å². The van der Waals surface area contributed by atoms with Crippen molar-refractivity contribution in [3.05, 3.63) is 84.6 Å². The van der Waals surface area contributed by atoms with Gasteiger partial charge in [-0.15, -0.1) is 0 Å². The Bertz CT molecular complexity index is 1300. The molecule has 4 heterocycles. The number of aromatic amines is 1. The second-order valence-electron chi connectivity index (χ2n) is 6.32. The second kappa shape index (κ2) is 5.81. The van der Waals surface area contributed by atoms with Gasteiger partial charge in [0.1, 0.15) is 17.0 Å². The maximum atomic E-state index is 12.9. The van der Waals surface area contributed by atoms with Gasteiger partial charge in [-0.1, -0.05) is 12.1 Å². The molecule has 0 fully saturated rings. The SMILES string of the molecule is Nc1nc2ccc(-c3ccc4[nH]ccc4c3)cn2c1C(=O)c1ccccn1. The molecule has 0 saturated heterocycles. The normalized spacial score (nSPS) is 11.3. The molecule has 6 nitrogen and oxygen atoms in total. The van der Waals surface area contributed by atoms with E-state index in [2.05, 4.69) is 21.0 Å². The quantitative estimate of drug-likeness (QED) is 0.484. The van der Waals surface area contributed by atoms with Gasteiger partial charge in [0, 0.05) is 24.1 Å². The fraction of sp³-hybridized carbons (Fsp3) is 0. The number of nitrogens with one attached hydrogen (secondary N) is 1. The van der Waals surface area contributed by atoms with Gasteiger partial charge in [0.05, 0.1) is 0 Å². The average Bonchev–Trinajstić information content (AvgIpc) is 3.30. The van der Waals surface area contributed by atoms with E-state index in [0.717, 1.165) is 22.0 Å². The smallest absolute Gasteiger partial charge is 0.231 e. The minimum Gasteiger partial charge on any atom is -0.382 e. The Labute approximate surface area is 154 Å². The molecular formula is C21H15N5O. The first kappa shape index (κ1) is 15.3. The molecule has 0 aliphatic rings. The van der Waals surface area contributed by atoms with E-state index in [1.807, 2.05) is 42.7 Å². The van der Waals surface area contributed by atoms with Crippen molar-refractivity contribution in [3.8, 4) is 11.1 Å². The third-order valence-electron chi connectivity index (χ3n) is 4.64. The zero-order valence-corrected chi connectivity index (χ0v) is 14.3. The van der Waals surface area contributed by atoms with Crippen LogP contribution >= 0.6 is 0 Å². The number of imidazole rings is 1. The lowest BCUT2D eigenvalue weighted by Crippen LogP contribution is -2.09. The summed E-state index contributed by atoms with van der Waals surface area (Å²) in [4.78, 5) is 24.6. The van der Waals surface area contributed by atoms with E-state index in [0.29, 0.717) is 17.0 Å². The summed E-state index contributed by atoms with van der Waals surface area (Å²) in [5, 5.41) is 1.13. The first-order chi connectivity index (χ1) is 13.2. The van der Waals surface area contributed by atoms with Crippen molar-refractivity contribution in [1.29, 1.82) is 0 Å². The average molecular weight is 353 g/mol. The van der Waals surface area contributed by atoms with Gasteiger partial charge in [-0.25, -0.2) is 4.98 Å². The standard InChI is InChI=1S/C21H15N5O/c22-21-19(20(27)17-3-1-2-9-23-17)26-12-15(5-7-18(26)25-21)13-4-6-16-14(11-13)8-10-24-16/h1-12,24H,22H2. The number of anilines is 1. The lowest BCUT2D eigenvalue weighted by atomic mass is 10.1. The van der Waals surface area contributed by atoms with Crippen molar-refractivity contribution in [1.82, 2.24) is 19.4 Å². The number of nitrogen functional groups attached to an aromatic ring is 1. The fourth-order valence-electron chi connectivity index (χ4n) is 3.31. The Morgan fingerprint density at radius 2 is 1.93 bits per heavy atom. The van der Waals surface area contributed by atoms with Gasteiger partial charge in [-0.3, -0.25) is 14.2 Å². The molecule has 0 unspecified atom stereocenters. The van der Waals surface area contributed by atoms with Crippen LogP contribution in [0.3, 0.4) is 0 Å². The number of nitrogens with zero attached hydrogens (tertiary/aromatic N) is 3. The Kier molecular flexibility index (Phi) is 3.30. The predicted molar refractivity (Wildman–Crippen MR) is 105 cm³/mol. The third-order valence-corrected chi connectivity index (χ3v) is 4.64. The van der Waals surface area contributed by atoms with Crippen LogP contribution in [0.15, 0.2) is 73.2 Å². The number of fused-ring (bicyclic) bond motifs is 2. The van der Waals surface area contributed by atoms with E-state index in [-0.39, 0.29) is 11.6 Å². The Hall–Kier alpha value is -3.93. The maximum absolute atomic E-state index is 12.9. The molecule has 3 N–H and O–H groups in total. The molecule has 0 radical (unpaired) electrons. The van der Waals surface area contributed by atoms with Crippen LogP contribution in [0.25, 0.3) is 27.7 Å². The summed E-state index contributed by atoms with van der Waals surface area (Å²) in [6, 6.07) is 17.3. The number of aromatic nitrogens is 4.